The highest BCUT2D eigenvalue weighted by molar-refractivity contribution is 5.90. The van der Waals surface area contributed by atoms with E-state index in [0.717, 1.165) is 5.75 Å². The number of aliphatic carboxylic acids is 1. The summed E-state index contributed by atoms with van der Waals surface area (Å²) in [5.74, 6) is 0.423. The molecule has 0 fully saturated rings. The minimum atomic E-state index is -0.893. The highest BCUT2D eigenvalue weighted by Gasteiger charge is 2.13. The molecule has 0 bridgehead atoms. The van der Waals surface area contributed by atoms with Crippen molar-refractivity contribution in [1.29, 1.82) is 0 Å². The molecule has 0 saturated heterocycles. The van der Waals surface area contributed by atoms with E-state index in [4.69, 9.17) is 9.84 Å². The van der Waals surface area contributed by atoms with Gasteiger partial charge in [-0.2, -0.15) is 0 Å². The van der Waals surface area contributed by atoms with Crippen LogP contribution in [-0.2, 0) is 4.79 Å². The minimum Gasteiger partial charge on any atom is -0.486 e. The highest BCUT2D eigenvalue weighted by atomic mass is 16.5. The third-order valence-electron chi connectivity index (χ3n) is 3.14. The molecule has 0 radical (unpaired) electrons. The van der Waals surface area contributed by atoms with E-state index in [1.807, 2.05) is 12.1 Å². The molecule has 19 heavy (non-hydrogen) atoms. The Balaban J connectivity index is 1.96. The largest absolute Gasteiger partial charge is 0.486 e. The fourth-order valence-electron chi connectivity index (χ4n) is 1.95. The summed E-state index contributed by atoms with van der Waals surface area (Å²) in [6.45, 7) is 4.30. The van der Waals surface area contributed by atoms with Crippen molar-refractivity contribution in [3.63, 3.8) is 0 Å². The van der Waals surface area contributed by atoms with Crippen LogP contribution in [0, 0.1) is 0 Å². The fraction of sp³-hybridized carbons (Fsp3) is 0.312. The van der Waals surface area contributed by atoms with Gasteiger partial charge in [-0.05, 0) is 35.8 Å². The van der Waals surface area contributed by atoms with Gasteiger partial charge in [0, 0.05) is 6.42 Å². The van der Waals surface area contributed by atoms with Gasteiger partial charge >= 0.3 is 5.97 Å². The average molecular weight is 258 g/mol. The van der Waals surface area contributed by atoms with Crippen molar-refractivity contribution < 1.29 is 14.6 Å². The number of carbonyl (C=O) groups is 1. The Morgan fingerprint density at radius 2 is 2.00 bits per heavy atom. The first-order valence-corrected chi connectivity index (χ1v) is 6.44. The van der Waals surface area contributed by atoms with Gasteiger partial charge in [0.2, 0.25) is 0 Å². The van der Waals surface area contributed by atoms with Crippen molar-refractivity contribution in [2.45, 2.75) is 32.3 Å². The third-order valence-corrected chi connectivity index (χ3v) is 3.14. The maximum atomic E-state index is 10.8. The number of carboxylic acids is 1. The van der Waals surface area contributed by atoms with Gasteiger partial charge in [0.25, 0.3) is 0 Å². The number of ether oxygens (including phenoxy) is 1. The summed E-state index contributed by atoms with van der Waals surface area (Å²) in [5.41, 5.74) is 1.61. The van der Waals surface area contributed by atoms with Gasteiger partial charge in [-0.3, -0.25) is 0 Å². The van der Waals surface area contributed by atoms with Crippen molar-refractivity contribution in [3.8, 4) is 5.75 Å². The molecule has 1 aliphatic carbocycles. The number of benzene rings is 1. The summed E-state index contributed by atoms with van der Waals surface area (Å²) in [7, 11) is 0. The van der Waals surface area contributed by atoms with Gasteiger partial charge in [-0.1, -0.05) is 32.1 Å². The predicted octanol–water partition coefficient (Wildman–Crippen LogP) is 3.53. The summed E-state index contributed by atoms with van der Waals surface area (Å²) < 4.78 is 5.79. The predicted molar refractivity (Wildman–Crippen MR) is 74.4 cm³/mol. The molecule has 1 unspecified atom stereocenters. The molecular weight excluding hydrogens is 240 g/mol. The topological polar surface area (TPSA) is 46.5 Å². The molecule has 1 aliphatic rings. The van der Waals surface area contributed by atoms with E-state index in [1.165, 1.54) is 5.56 Å². The molecule has 0 aliphatic heterocycles. The Bertz CT molecular complexity index is 509. The normalized spacial score (nSPS) is 18.3. The average Bonchev–Trinajstić information content (AvgIpc) is 2.40. The van der Waals surface area contributed by atoms with E-state index in [1.54, 1.807) is 18.2 Å². The van der Waals surface area contributed by atoms with Gasteiger partial charge in [-0.25, -0.2) is 4.79 Å². The Hall–Kier alpha value is -2.03. The van der Waals surface area contributed by atoms with E-state index >= 15 is 0 Å². The standard InChI is InChI=1S/C16H18O3/c1-11(2)12-3-7-14(8-4-12)19-15-9-5-13(6-10-15)16(17)18/h3-9,11,15H,10H2,1-2H3,(H,17,18). The Morgan fingerprint density at radius 3 is 2.47 bits per heavy atom. The lowest BCUT2D eigenvalue weighted by Crippen LogP contribution is -2.16. The molecular formula is C16H18O3. The Morgan fingerprint density at radius 1 is 1.32 bits per heavy atom. The smallest absolute Gasteiger partial charge is 0.335 e. The van der Waals surface area contributed by atoms with Crippen LogP contribution in [0.5, 0.6) is 5.75 Å². The third kappa shape index (κ3) is 3.47. The highest BCUT2D eigenvalue weighted by Crippen LogP contribution is 2.22. The molecule has 1 N–H and O–H groups in total. The second kappa shape index (κ2) is 5.74. The van der Waals surface area contributed by atoms with Crippen LogP contribution in [0.4, 0.5) is 0 Å². The van der Waals surface area contributed by atoms with Gasteiger partial charge < -0.3 is 9.84 Å². The number of rotatable bonds is 4. The van der Waals surface area contributed by atoms with Gasteiger partial charge in [0.05, 0.1) is 5.57 Å². The van der Waals surface area contributed by atoms with Gasteiger partial charge in [0.1, 0.15) is 11.9 Å². The molecule has 3 nitrogen and oxygen atoms in total. The van der Waals surface area contributed by atoms with E-state index in [9.17, 15) is 4.79 Å². The van der Waals surface area contributed by atoms with E-state index in [2.05, 4.69) is 26.0 Å². The van der Waals surface area contributed by atoms with Crippen LogP contribution in [-0.4, -0.2) is 17.2 Å². The summed E-state index contributed by atoms with van der Waals surface area (Å²) in [4.78, 5) is 10.8. The second-order valence-corrected chi connectivity index (χ2v) is 4.94. The SMILES string of the molecule is CC(C)c1ccc(OC2C=CC(C(=O)O)=CC2)cc1. The lowest BCUT2D eigenvalue weighted by molar-refractivity contribution is -0.132. The van der Waals surface area contributed by atoms with Crippen molar-refractivity contribution >= 4 is 5.97 Å². The monoisotopic (exact) mass is 258 g/mol. The first-order chi connectivity index (χ1) is 9.06. The maximum Gasteiger partial charge on any atom is 0.335 e. The lowest BCUT2D eigenvalue weighted by Gasteiger charge is -2.17. The van der Waals surface area contributed by atoms with Crippen LogP contribution >= 0.6 is 0 Å². The summed E-state index contributed by atoms with van der Waals surface area (Å²) in [6, 6.07) is 8.04. The maximum absolute atomic E-state index is 10.8. The molecule has 100 valence electrons. The molecule has 0 amide bonds. The molecule has 1 aromatic carbocycles. The zero-order valence-electron chi connectivity index (χ0n) is 11.2. The fourth-order valence-corrected chi connectivity index (χ4v) is 1.95. The van der Waals surface area contributed by atoms with Gasteiger partial charge in [0.15, 0.2) is 0 Å². The summed E-state index contributed by atoms with van der Waals surface area (Å²) >= 11 is 0. The number of hydrogen-bond acceptors (Lipinski definition) is 2. The van der Waals surface area contributed by atoms with E-state index in [-0.39, 0.29) is 6.10 Å². The number of hydrogen-bond donors (Lipinski definition) is 1. The molecule has 1 aromatic rings. The minimum absolute atomic E-state index is 0.0898. The van der Waals surface area contributed by atoms with E-state index < -0.39 is 5.97 Å². The van der Waals surface area contributed by atoms with Crippen molar-refractivity contribution in [1.82, 2.24) is 0 Å². The van der Waals surface area contributed by atoms with Crippen LogP contribution in [0.2, 0.25) is 0 Å². The van der Waals surface area contributed by atoms with Gasteiger partial charge in [-0.15, -0.1) is 0 Å². The molecule has 2 rings (SSSR count). The molecule has 3 heteroatoms. The second-order valence-electron chi connectivity index (χ2n) is 4.94. The number of carboxylic acid groups (broad SMARTS) is 1. The van der Waals surface area contributed by atoms with E-state index in [0.29, 0.717) is 17.9 Å². The van der Waals surface area contributed by atoms with Crippen LogP contribution in [0.3, 0.4) is 0 Å². The molecule has 0 aromatic heterocycles. The molecule has 0 saturated carbocycles. The van der Waals surface area contributed by atoms with Crippen molar-refractivity contribution in [2.24, 2.45) is 0 Å². The molecule has 0 heterocycles. The summed E-state index contributed by atoms with van der Waals surface area (Å²) in [6.07, 6.45) is 5.58. The lowest BCUT2D eigenvalue weighted by atomic mass is 10.0. The van der Waals surface area contributed by atoms with Crippen LogP contribution in [0.15, 0.2) is 48.1 Å². The first kappa shape index (κ1) is 13.4. The molecule has 1 atom stereocenters. The Kier molecular flexibility index (Phi) is 4.05. The van der Waals surface area contributed by atoms with Crippen molar-refractivity contribution in [3.05, 3.63) is 53.6 Å². The van der Waals surface area contributed by atoms with Crippen LogP contribution in [0.25, 0.3) is 0 Å². The van der Waals surface area contributed by atoms with Crippen LogP contribution in [0.1, 0.15) is 31.7 Å². The Labute approximate surface area is 113 Å². The quantitative estimate of drug-likeness (QED) is 0.898. The zero-order valence-corrected chi connectivity index (χ0v) is 11.2. The zero-order chi connectivity index (χ0) is 13.8. The van der Waals surface area contributed by atoms with Crippen LogP contribution < -0.4 is 4.74 Å². The molecule has 0 spiro atoms. The van der Waals surface area contributed by atoms with Crippen molar-refractivity contribution in [2.75, 3.05) is 0 Å². The summed E-state index contributed by atoms with van der Waals surface area (Å²) in [5, 5.41) is 8.84. The first-order valence-electron chi connectivity index (χ1n) is 6.44.